The monoisotopic (exact) mass is 265 g/mol. The lowest BCUT2D eigenvalue weighted by Crippen LogP contribution is -2.36. The lowest BCUT2D eigenvalue weighted by atomic mass is 10.1. The fourth-order valence-electron chi connectivity index (χ4n) is 1.76. The van der Waals surface area contributed by atoms with E-state index in [2.05, 4.69) is 0 Å². The number of fused-ring (bicyclic) bond motifs is 1. The number of amides is 1. The van der Waals surface area contributed by atoms with Crippen LogP contribution in [0, 0.1) is 5.92 Å². The molecule has 1 aliphatic rings. The van der Waals surface area contributed by atoms with Gasteiger partial charge in [0.1, 0.15) is 0 Å². The molecule has 0 atom stereocenters. The highest BCUT2D eigenvalue weighted by atomic mass is 35.5. The first-order chi connectivity index (χ1) is 8.41. The second-order valence-corrected chi connectivity index (χ2v) is 4.94. The van der Waals surface area contributed by atoms with Gasteiger partial charge in [0, 0.05) is 10.9 Å². The van der Waals surface area contributed by atoms with Gasteiger partial charge in [-0.25, -0.2) is 0 Å². The number of carbonyl (C=O) groups is 3. The fraction of sp³-hybridized carbons (Fsp3) is 0.308. The molecular formula is C13H12ClNO3. The van der Waals surface area contributed by atoms with Gasteiger partial charge in [0.05, 0.1) is 17.8 Å². The Morgan fingerprint density at radius 1 is 1.33 bits per heavy atom. The van der Waals surface area contributed by atoms with Gasteiger partial charge in [-0.3, -0.25) is 19.3 Å². The summed E-state index contributed by atoms with van der Waals surface area (Å²) >= 11 is 5.85. The standard InChI is InChI=1S/C13H12ClNO3/c1-7(2)11(16)6-15-10-5-8(14)3-4-9(10)12(17)13(15)18/h3-5,7H,6H2,1-2H3. The zero-order chi connectivity index (χ0) is 13.4. The molecule has 0 N–H and O–H groups in total. The fourth-order valence-corrected chi connectivity index (χ4v) is 1.93. The van der Waals surface area contributed by atoms with Crippen molar-refractivity contribution in [3.05, 3.63) is 28.8 Å². The van der Waals surface area contributed by atoms with Crippen molar-refractivity contribution in [2.24, 2.45) is 5.92 Å². The average molecular weight is 266 g/mol. The minimum atomic E-state index is -0.665. The molecule has 1 heterocycles. The van der Waals surface area contributed by atoms with Crippen LogP contribution < -0.4 is 4.90 Å². The molecule has 1 aromatic carbocycles. The number of hydrogen-bond donors (Lipinski definition) is 0. The van der Waals surface area contributed by atoms with Crippen LogP contribution in [0.1, 0.15) is 24.2 Å². The number of benzene rings is 1. The van der Waals surface area contributed by atoms with Crippen molar-refractivity contribution in [1.82, 2.24) is 0 Å². The van der Waals surface area contributed by atoms with Crippen molar-refractivity contribution >= 4 is 34.8 Å². The quantitative estimate of drug-likeness (QED) is 0.787. The Kier molecular flexibility index (Phi) is 3.22. The predicted molar refractivity (Wildman–Crippen MR) is 68.0 cm³/mol. The molecule has 1 aliphatic heterocycles. The lowest BCUT2D eigenvalue weighted by molar-refractivity contribution is -0.122. The molecule has 1 amide bonds. The molecule has 5 heteroatoms. The first-order valence-corrected chi connectivity index (χ1v) is 5.98. The Morgan fingerprint density at radius 2 is 2.00 bits per heavy atom. The van der Waals surface area contributed by atoms with Gasteiger partial charge in [0.2, 0.25) is 0 Å². The predicted octanol–water partition coefficient (Wildman–Crippen LogP) is 2.09. The van der Waals surface area contributed by atoms with Gasteiger partial charge in [0.25, 0.3) is 11.7 Å². The Morgan fingerprint density at radius 3 is 2.61 bits per heavy atom. The topological polar surface area (TPSA) is 54.5 Å². The number of anilines is 1. The van der Waals surface area contributed by atoms with Crippen molar-refractivity contribution in [2.45, 2.75) is 13.8 Å². The molecule has 2 rings (SSSR count). The summed E-state index contributed by atoms with van der Waals surface area (Å²) in [7, 11) is 0. The summed E-state index contributed by atoms with van der Waals surface area (Å²) in [6, 6.07) is 4.60. The number of hydrogen-bond acceptors (Lipinski definition) is 3. The highest BCUT2D eigenvalue weighted by molar-refractivity contribution is 6.53. The number of Topliss-reactive ketones (excluding diaryl/α,β-unsaturated/α-hetero) is 2. The van der Waals surface area contributed by atoms with Crippen LogP contribution in [0.3, 0.4) is 0 Å². The number of halogens is 1. The molecule has 0 aromatic heterocycles. The van der Waals surface area contributed by atoms with Gasteiger partial charge in [-0.05, 0) is 18.2 Å². The molecule has 0 saturated carbocycles. The highest BCUT2D eigenvalue weighted by Gasteiger charge is 2.36. The zero-order valence-corrected chi connectivity index (χ0v) is 10.8. The van der Waals surface area contributed by atoms with Crippen molar-refractivity contribution in [3.8, 4) is 0 Å². The Hall–Kier alpha value is -1.68. The first kappa shape index (κ1) is 12.8. The van der Waals surface area contributed by atoms with E-state index in [-0.39, 0.29) is 18.2 Å². The maximum atomic E-state index is 11.8. The maximum Gasteiger partial charge on any atom is 0.299 e. The van der Waals surface area contributed by atoms with Gasteiger partial charge in [0.15, 0.2) is 5.78 Å². The molecule has 0 spiro atoms. The number of nitrogens with zero attached hydrogens (tertiary/aromatic N) is 1. The van der Waals surface area contributed by atoms with Gasteiger partial charge < -0.3 is 0 Å². The van der Waals surface area contributed by atoms with E-state index in [0.717, 1.165) is 0 Å². The van der Waals surface area contributed by atoms with E-state index in [9.17, 15) is 14.4 Å². The number of rotatable bonds is 3. The zero-order valence-electron chi connectivity index (χ0n) is 10.1. The smallest absolute Gasteiger partial charge is 0.297 e. The molecule has 0 aliphatic carbocycles. The third kappa shape index (κ3) is 2.04. The van der Waals surface area contributed by atoms with E-state index < -0.39 is 11.7 Å². The summed E-state index contributed by atoms with van der Waals surface area (Å²) in [5.41, 5.74) is 0.729. The van der Waals surface area contributed by atoms with E-state index in [1.807, 2.05) is 0 Å². The van der Waals surface area contributed by atoms with Crippen molar-refractivity contribution in [1.29, 1.82) is 0 Å². The van der Waals surface area contributed by atoms with Gasteiger partial charge >= 0.3 is 0 Å². The lowest BCUT2D eigenvalue weighted by Gasteiger charge is -2.16. The van der Waals surface area contributed by atoms with Crippen LogP contribution in [0.25, 0.3) is 0 Å². The van der Waals surface area contributed by atoms with Crippen LogP contribution in [0.15, 0.2) is 18.2 Å². The molecule has 0 unspecified atom stereocenters. The van der Waals surface area contributed by atoms with Crippen LogP contribution in [0.5, 0.6) is 0 Å². The van der Waals surface area contributed by atoms with Gasteiger partial charge in [-0.1, -0.05) is 25.4 Å². The van der Waals surface area contributed by atoms with Crippen molar-refractivity contribution in [2.75, 3.05) is 11.4 Å². The summed E-state index contributed by atoms with van der Waals surface area (Å²) in [6.45, 7) is 3.42. The SMILES string of the molecule is CC(C)C(=O)CN1C(=O)C(=O)c2ccc(Cl)cc21. The average Bonchev–Trinajstić information content (AvgIpc) is 2.54. The van der Waals surface area contributed by atoms with Gasteiger partial charge in [-0.2, -0.15) is 0 Å². The molecule has 18 heavy (non-hydrogen) atoms. The van der Waals surface area contributed by atoms with Crippen LogP contribution in [0.2, 0.25) is 5.02 Å². The first-order valence-electron chi connectivity index (χ1n) is 5.60. The third-order valence-electron chi connectivity index (χ3n) is 2.89. The van der Waals surface area contributed by atoms with Gasteiger partial charge in [-0.15, -0.1) is 0 Å². The number of ketones is 2. The third-order valence-corrected chi connectivity index (χ3v) is 3.13. The normalized spacial score (nSPS) is 14.3. The van der Waals surface area contributed by atoms with Crippen LogP contribution >= 0.6 is 11.6 Å². The van der Waals surface area contributed by atoms with Crippen LogP contribution in [-0.4, -0.2) is 24.0 Å². The molecular weight excluding hydrogens is 254 g/mol. The second kappa shape index (κ2) is 4.53. The number of carbonyl (C=O) groups excluding carboxylic acids is 3. The molecule has 4 nitrogen and oxygen atoms in total. The Balaban J connectivity index is 2.39. The summed E-state index contributed by atoms with van der Waals surface area (Å²) in [4.78, 5) is 36.4. The second-order valence-electron chi connectivity index (χ2n) is 4.50. The van der Waals surface area contributed by atoms with Crippen LogP contribution in [0.4, 0.5) is 5.69 Å². The van der Waals surface area contributed by atoms with E-state index in [0.29, 0.717) is 16.3 Å². The summed E-state index contributed by atoms with van der Waals surface area (Å²) in [6.07, 6.45) is 0. The summed E-state index contributed by atoms with van der Waals surface area (Å²) in [5, 5.41) is 0.429. The van der Waals surface area contributed by atoms with E-state index in [1.54, 1.807) is 19.9 Å². The maximum absolute atomic E-state index is 11.8. The van der Waals surface area contributed by atoms with Crippen molar-refractivity contribution < 1.29 is 14.4 Å². The molecule has 0 radical (unpaired) electrons. The minimum absolute atomic E-state index is 0.0877. The molecule has 1 aromatic rings. The van der Waals surface area contributed by atoms with E-state index in [4.69, 9.17) is 11.6 Å². The molecule has 94 valence electrons. The summed E-state index contributed by atoms with van der Waals surface area (Å²) < 4.78 is 0. The largest absolute Gasteiger partial charge is 0.299 e. The minimum Gasteiger partial charge on any atom is -0.297 e. The Labute approximate surface area is 110 Å². The highest BCUT2D eigenvalue weighted by Crippen LogP contribution is 2.31. The molecule has 0 fully saturated rings. The van der Waals surface area contributed by atoms with E-state index in [1.165, 1.54) is 17.0 Å². The van der Waals surface area contributed by atoms with Crippen molar-refractivity contribution in [3.63, 3.8) is 0 Å². The molecule has 0 saturated heterocycles. The summed E-state index contributed by atoms with van der Waals surface area (Å²) in [5.74, 6) is -1.53. The molecule has 0 bridgehead atoms. The van der Waals surface area contributed by atoms with Crippen LogP contribution in [-0.2, 0) is 9.59 Å². The van der Waals surface area contributed by atoms with E-state index >= 15 is 0 Å². The Bertz CT molecular complexity index is 551.